The van der Waals surface area contributed by atoms with Gasteiger partial charge in [-0.1, -0.05) is 29.4 Å². The van der Waals surface area contributed by atoms with Crippen LogP contribution in [0.5, 0.6) is 0 Å². The highest BCUT2D eigenvalue weighted by Gasteiger charge is 2.30. The van der Waals surface area contributed by atoms with Crippen molar-refractivity contribution >= 4 is 35.0 Å². The molecule has 1 aromatic carbocycles. The highest BCUT2D eigenvalue weighted by Crippen LogP contribution is 2.40. The number of rotatable bonds is 6. The predicted molar refractivity (Wildman–Crippen MR) is 107 cm³/mol. The first kappa shape index (κ1) is 18.0. The zero-order valence-corrected chi connectivity index (χ0v) is 16.3. The number of aryl methyl sites for hydroxylation is 1. The number of pyridine rings is 1. The van der Waals surface area contributed by atoms with Gasteiger partial charge < -0.3 is 5.32 Å². The third kappa shape index (κ3) is 4.14. The number of hydrogen-bond acceptors (Lipinski definition) is 5. The molecule has 1 fully saturated rings. The summed E-state index contributed by atoms with van der Waals surface area (Å²) in [4.78, 5) is 16.4. The SMILES string of the molecule is Cc1ccc(NC(=O)CSc2nnc(-c3ccncc3)n2C2CC2)cc1Cl. The molecule has 0 unspecified atom stereocenters. The van der Waals surface area contributed by atoms with E-state index in [-0.39, 0.29) is 11.7 Å². The van der Waals surface area contributed by atoms with Gasteiger partial charge in [0.1, 0.15) is 0 Å². The Morgan fingerprint density at radius 1 is 1.26 bits per heavy atom. The van der Waals surface area contributed by atoms with E-state index in [0.717, 1.165) is 34.9 Å². The monoisotopic (exact) mass is 399 g/mol. The second-order valence-corrected chi connectivity index (χ2v) is 7.79. The van der Waals surface area contributed by atoms with E-state index >= 15 is 0 Å². The number of nitrogens with zero attached hydrogens (tertiary/aromatic N) is 4. The Morgan fingerprint density at radius 2 is 2.04 bits per heavy atom. The highest BCUT2D eigenvalue weighted by molar-refractivity contribution is 7.99. The number of carbonyl (C=O) groups excluding carboxylic acids is 1. The number of carbonyl (C=O) groups is 1. The maximum Gasteiger partial charge on any atom is 0.234 e. The summed E-state index contributed by atoms with van der Waals surface area (Å²) >= 11 is 7.51. The quantitative estimate of drug-likeness (QED) is 0.623. The number of anilines is 1. The summed E-state index contributed by atoms with van der Waals surface area (Å²) in [7, 11) is 0. The summed E-state index contributed by atoms with van der Waals surface area (Å²) in [6.45, 7) is 1.93. The second-order valence-electron chi connectivity index (χ2n) is 6.44. The zero-order valence-electron chi connectivity index (χ0n) is 14.7. The van der Waals surface area contributed by atoms with Gasteiger partial charge in [-0.05, 0) is 49.6 Å². The lowest BCUT2D eigenvalue weighted by Crippen LogP contribution is -2.14. The molecule has 0 atom stereocenters. The Kier molecular flexibility index (Phi) is 5.13. The van der Waals surface area contributed by atoms with E-state index in [1.54, 1.807) is 18.5 Å². The molecule has 0 radical (unpaired) electrons. The molecule has 6 nitrogen and oxygen atoms in total. The fourth-order valence-corrected chi connectivity index (χ4v) is 3.72. The van der Waals surface area contributed by atoms with Gasteiger partial charge in [0.15, 0.2) is 11.0 Å². The zero-order chi connectivity index (χ0) is 18.8. The molecule has 27 heavy (non-hydrogen) atoms. The third-order valence-electron chi connectivity index (χ3n) is 4.30. The summed E-state index contributed by atoms with van der Waals surface area (Å²) in [6.07, 6.45) is 5.71. The Morgan fingerprint density at radius 3 is 2.74 bits per heavy atom. The number of benzene rings is 1. The molecule has 1 N–H and O–H groups in total. The lowest BCUT2D eigenvalue weighted by atomic mass is 10.2. The molecular formula is C19H18ClN5OS. The molecule has 0 aliphatic heterocycles. The van der Waals surface area contributed by atoms with E-state index in [0.29, 0.717) is 16.8 Å². The van der Waals surface area contributed by atoms with E-state index < -0.39 is 0 Å². The molecule has 0 spiro atoms. The van der Waals surface area contributed by atoms with E-state index in [1.807, 2.05) is 31.2 Å². The predicted octanol–water partition coefficient (Wildman–Crippen LogP) is 4.37. The van der Waals surface area contributed by atoms with Crippen LogP contribution in [0.25, 0.3) is 11.4 Å². The van der Waals surface area contributed by atoms with E-state index in [2.05, 4.69) is 25.1 Å². The molecule has 3 aromatic rings. The maximum atomic E-state index is 12.3. The molecule has 0 bridgehead atoms. The lowest BCUT2D eigenvalue weighted by Gasteiger charge is -2.09. The number of halogens is 1. The van der Waals surface area contributed by atoms with E-state index in [9.17, 15) is 4.79 Å². The van der Waals surface area contributed by atoms with Gasteiger partial charge in [-0.3, -0.25) is 14.3 Å². The number of amides is 1. The van der Waals surface area contributed by atoms with Crippen LogP contribution in [0.1, 0.15) is 24.4 Å². The molecule has 4 rings (SSSR count). The smallest absolute Gasteiger partial charge is 0.234 e. The topological polar surface area (TPSA) is 72.7 Å². The van der Waals surface area contributed by atoms with Crippen LogP contribution in [-0.4, -0.2) is 31.4 Å². The summed E-state index contributed by atoms with van der Waals surface area (Å²) in [5, 5.41) is 12.9. The third-order valence-corrected chi connectivity index (χ3v) is 5.65. The first-order chi connectivity index (χ1) is 13.1. The van der Waals surface area contributed by atoms with Gasteiger partial charge in [0.2, 0.25) is 5.91 Å². The van der Waals surface area contributed by atoms with E-state index in [1.165, 1.54) is 11.8 Å². The van der Waals surface area contributed by atoms with Crippen LogP contribution in [0.2, 0.25) is 5.02 Å². The van der Waals surface area contributed by atoms with Gasteiger partial charge in [0, 0.05) is 34.7 Å². The van der Waals surface area contributed by atoms with Crippen LogP contribution in [0, 0.1) is 6.92 Å². The van der Waals surface area contributed by atoms with Crippen LogP contribution < -0.4 is 5.32 Å². The average Bonchev–Trinajstić information content (AvgIpc) is 3.43. The standard InChI is InChI=1S/C19H18ClN5OS/c1-12-2-3-14(10-16(12)20)22-17(26)11-27-19-24-23-18(25(19)15-4-5-15)13-6-8-21-9-7-13/h2-3,6-10,15H,4-5,11H2,1H3,(H,22,26). The van der Waals surface area contributed by atoms with Gasteiger partial charge in [-0.15, -0.1) is 10.2 Å². The van der Waals surface area contributed by atoms with Crippen LogP contribution in [0.4, 0.5) is 5.69 Å². The van der Waals surface area contributed by atoms with Gasteiger partial charge in [0.05, 0.1) is 5.75 Å². The first-order valence-electron chi connectivity index (χ1n) is 8.66. The van der Waals surface area contributed by atoms with Gasteiger partial charge in [-0.2, -0.15) is 0 Å². The van der Waals surface area contributed by atoms with Crippen LogP contribution in [0.3, 0.4) is 0 Å². The largest absolute Gasteiger partial charge is 0.325 e. The number of hydrogen-bond donors (Lipinski definition) is 1. The molecule has 2 heterocycles. The normalized spacial score (nSPS) is 13.6. The first-order valence-corrected chi connectivity index (χ1v) is 10.0. The summed E-state index contributed by atoms with van der Waals surface area (Å²) < 4.78 is 2.13. The van der Waals surface area contributed by atoms with E-state index in [4.69, 9.17) is 11.6 Å². The van der Waals surface area contributed by atoms with Crippen molar-refractivity contribution in [1.29, 1.82) is 0 Å². The van der Waals surface area contributed by atoms with Gasteiger partial charge in [-0.25, -0.2) is 0 Å². The molecule has 1 aliphatic carbocycles. The molecular weight excluding hydrogens is 382 g/mol. The molecule has 1 saturated carbocycles. The summed E-state index contributed by atoms with van der Waals surface area (Å²) in [5.74, 6) is 0.982. The Balaban J connectivity index is 1.46. The van der Waals surface area contributed by atoms with Gasteiger partial charge in [0.25, 0.3) is 0 Å². The van der Waals surface area contributed by atoms with Crippen molar-refractivity contribution in [3.05, 3.63) is 53.3 Å². The molecule has 2 aromatic heterocycles. The average molecular weight is 400 g/mol. The van der Waals surface area contributed by atoms with Crippen molar-refractivity contribution in [3.8, 4) is 11.4 Å². The summed E-state index contributed by atoms with van der Waals surface area (Å²) in [5.41, 5.74) is 2.65. The molecule has 1 aliphatic rings. The maximum absolute atomic E-state index is 12.3. The fourth-order valence-electron chi connectivity index (χ4n) is 2.73. The minimum atomic E-state index is -0.101. The Hall–Kier alpha value is -2.38. The van der Waals surface area contributed by atoms with Crippen molar-refractivity contribution in [2.45, 2.75) is 31.0 Å². The number of aromatic nitrogens is 4. The van der Waals surface area contributed by atoms with Crippen molar-refractivity contribution < 1.29 is 4.79 Å². The molecule has 0 saturated heterocycles. The fraction of sp³-hybridized carbons (Fsp3) is 0.263. The minimum absolute atomic E-state index is 0.101. The van der Waals surface area contributed by atoms with Gasteiger partial charge >= 0.3 is 0 Å². The molecule has 1 amide bonds. The second kappa shape index (κ2) is 7.70. The van der Waals surface area contributed by atoms with Crippen LogP contribution in [-0.2, 0) is 4.79 Å². The minimum Gasteiger partial charge on any atom is -0.325 e. The Bertz CT molecular complexity index is 971. The highest BCUT2D eigenvalue weighted by atomic mass is 35.5. The van der Waals surface area contributed by atoms with Crippen LogP contribution >= 0.6 is 23.4 Å². The van der Waals surface area contributed by atoms with Crippen molar-refractivity contribution in [1.82, 2.24) is 19.7 Å². The van der Waals surface area contributed by atoms with Crippen molar-refractivity contribution in [3.63, 3.8) is 0 Å². The number of thioether (sulfide) groups is 1. The molecule has 138 valence electrons. The Labute approximate surface area is 166 Å². The lowest BCUT2D eigenvalue weighted by molar-refractivity contribution is -0.113. The number of nitrogens with one attached hydrogen (secondary N) is 1. The van der Waals surface area contributed by atoms with Crippen molar-refractivity contribution in [2.75, 3.05) is 11.1 Å². The van der Waals surface area contributed by atoms with Crippen LogP contribution in [0.15, 0.2) is 47.9 Å². The van der Waals surface area contributed by atoms with Crippen molar-refractivity contribution in [2.24, 2.45) is 0 Å². The summed E-state index contributed by atoms with van der Waals surface area (Å²) in [6, 6.07) is 9.74. The molecule has 8 heteroatoms.